The summed E-state index contributed by atoms with van der Waals surface area (Å²) in [5.41, 5.74) is 0. The number of carbonyl (C=O) groups excluding carboxylic acids is 2. The Morgan fingerprint density at radius 2 is 0.698 bits per heavy atom. The normalized spacial score (nSPS) is 11.9. The third-order valence-electron chi connectivity index (χ3n) is 11.0. The van der Waals surface area contributed by atoms with Gasteiger partial charge in [0.25, 0.3) is 0 Å². The number of esters is 1. The van der Waals surface area contributed by atoms with Crippen molar-refractivity contribution in [2.75, 3.05) is 6.54 Å². The van der Waals surface area contributed by atoms with E-state index in [0.717, 1.165) is 64.2 Å². The van der Waals surface area contributed by atoms with Crippen molar-refractivity contribution >= 4 is 17.8 Å². The Balaban J connectivity index is 3.85. The summed E-state index contributed by atoms with van der Waals surface area (Å²) in [5, 5.41) is 11.1. The van der Waals surface area contributed by atoms with E-state index in [1.54, 1.807) is 0 Å². The van der Waals surface area contributed by atoms with Crippen molar-refractivity contribution in [2.45, 2.75) is 277 Å². The van der Waals surface area contributed by atoms with E-state index in [0.29, 0.717) is 12.8 Å². The summed E-state index contributed by atoms with van der Waals surface area (Å²) in [4.78, 5) is 35.0. The lowest BCUT2D eigenvalue weighted by Crippen LogP contribution is -2.28. The molecule has 0 spiro atoms. The van der Waals surface area contributed by atoms with Crippen LogP contribution in [0.5, 0.6) is 0 Å². The fourth-order valence-corrected chi connectivity index (χ4v) is 7.52. The monoisotopic (exact) mass is 750 g/mol. The first-order valence-corrected chi connectivity index (χ1v) is 23.7. The minimum Gasteiger partial charge on any atom is -0.480 e. The Hall–Kier alpha value is -1.59. The van der Waals surface area contributed by atoms with Gasteiger partial charge in [0.05, 0.1) is 0 Å². The summed E-state index contributed by atoms with van der Waals surface area (Å²) in [6.07, 6.45) is 49.7. The second kappa shape index (κ2) is 43.1. The number of ether oxygens (including phenoxy) is 1. The van der Waals surface area contributed by atoms with Crippen LogP contribution in [0, 0.1) is 0 Å². The molecule has 0 aliphatic heterocycles. The summed E-state index contributed by atoms with van der Waals surface area (Å²) in [7, 11) is 0. The third kappa shape index (κ3) is 43.0. The molecule has 0 radical (unpaired) electrons. The van der Waals surface area contributed by atoms with Gasteiger partial charge in [0.1, 0.15) is 12.6 Å². The Kier molecular flexibility index (Phi) is 41.8. The van der Waals surface area contributed by atoms with Crippen LogP contribution in [0.15, 0.2) is 0 Å². The minimum absolute atomic E-state index is 0.00886. The lowest BCUT2D eigenvalue weighted by Gasteiger charge is -2.18. The number of hydrogen-bond acceptors (Lipinski definition) is 4. The molecule has 314 valence electrons. The maximum absolute atomic E-state index is 12.7. The minimum atomic E-state index is -1.01. The van der Waals surface area contributed by atoms with Gasteiger partial charge in [-0.1, -0.05) is 219 Å². The highest BCUT2D eigenvalue weighted by Gasteiger charge is 2.14. The number of carboxylic acids is 1. The van der Waals surface area contributed by atoms with E-state index in [4.69, 9.17) is 9.84 Å². The average molecular weight is 750 g/mol. The Bertz CT molecular complexity index is 787. The molecule has 0 saturated heterocycles. The van der Waals surface area contributed by atoms with Crippen molar-refractivity contribution < 1.29 is 24.2 Å². The molecule has 1 atom stereocenters. The zero-order chi connectivity index (χ0) is 38.7. The first-order chi connectivity index (χ1) is 26.0. The molecule has 0 aliphatic rings. The van der Waals surface area contributed by atoms with Crippen LogP contribution in [0.25, 0.3) is 0 Å². The van der Waals surface area contributed by atoms with E-state index in [1.165, 1.54) is 180 Å². The number of rotatable bonds is 44. The highest BCUT2D eigenvalue weighted by atomic mass is 16.5. The predicted octanol–water partition coefficient (Wildman–Crippen LogP) is 14.7. The van der Waals surface area contributed by atoms with Gasteiger partial charge in [-0.15, -0.1) is 0 Å². The van der Waals surface area contributed by atoms with E-state index < -0.39 is 5.97 Å². The van der Waals surface area contributed by atoms with Crippen LogP contribution in [0.4, 0.5) is 0 Å². The van der Waals surface area contributed by atoms with Gasteiger partial charge in [-0.2, -0.15) is 0 Å². The third-order valence-corrected chi connectivity index (χ3v) is 11.0. The van der Waals surface area contributed by atoms with Gasteiger partial charge in [-0.25, -0.2) is 0 Å². The summed E-state index contributed by atoms with van der Waals surface area (Å²) in [5.74, 6) is -1.21. The zero-order valence-corrected chi connectivity index (χ0v) is 35.6. The lowest BCUT2D eigenvalue weighted by atomic mass is 10.0. The Morgan fingerprint density at radius 1 is 0.415 bits per heavy atom. The van der Waals surface area contributed by atoms with Gasteiger partial charge < -0.3 is 15.2 Å². The zero-order valence-electron chi connectivity index (χ0n) is 35.6. The van der Waals surface area contributed by atoms with Crippen LogP contribution < -0.4 is 5.32 Å². The van der Waals surface area contributed by atoms with Gasteiger partial charge in [0.2, 0.25) is 5.91 Å². The molecule has 1 amide bonds. The maximum atomic E-state index is 12.7. The molecule has 0 aliphatic carbocycles. The number of aliphatic carboxylic acids is 1. The standard InChI is InChI=1S/C47H91NO5/c1-3-5-7-9-11-13-14-15-16-17-18-19-20-21-22-23-24-25-26-27-29-34-38-42-47(52)53-44(39-35-31-28-12-10-8-6-4-2)40-36-32-30-33-37-41-45(49)48-43-46(50)51/h44H,3-43H2,1-2H3,(H,48,49)(H,50,51). The molecule has 0 aromatic heterocycles. The molecule has 0 saturated carbocycles. The Morgan fingerprint density at radius 3 is 1.02 bits per heavy atom. The van der Waals surface area contributed by atoms with Gasteiger partial charge in [-0.3, -0.25) is 14.4 Å². The van der Waals surface area contributed by atoms with Crippen LogP contribution in [-0.2, 0) is 19.1 Å². The molecule has 0 aromatic rings. The SMILES string of the molecule is CCCCCCCCCCCCCCCCCCCCCCCCCC(=O)OC(CCCCCCCCCC)CCCCCCCC(=O)NCC(=O)O. The molecule has 53 heavy (non-hydrogen) atoms. The molecule has 0 heterocycles. The highest BCUT2D eigenvalue weighted by molar-refractivity contribution is 5.80. The maximum Gasteiger partial charge on any atom is 0.322 e. The average Bonchev–Trinajstić information content (AvgIpc) is 3.14. The highest BCUT2D eigenvalue weighted by Crippen LogP contribution is 2.19. The molecule has 6 nitrogen and oxygen atoms in total. The first-order valence-electron chi connectivity index (χ1n) is 23.7. The number of hydrogen-bond donors (Lipinski definition) is 2. The molecule has 0 bridgehead atoms. The summed E-state index contributed by atoms with van der Waals surface area (Å²) in [6, 6.07) is 0. The molecular weight excluding hydrogens is 659 g/mol. The van der Waals surface area contributed by atoms with E-state index in [2.05, 4.69) is 19.2 Å². The van der Waals surface area contributed by atoms with Crippen molar-refractivity contribution in [3.8, 4) is 0 Å². The number of carbonyl (C=O) groups is 3. The van der Waals surface area contributed by atoms with Crippen molar-refractivity contribution in [3.05, 3.63) is 0 Å². The molecule has 0 fully saturated rings. The second-order valence-electron chi connectivity index (χ2n) is 16.4. The number of nitrogens with one attached hydrogen (secondary N) is 1. The van der Waals surface area contributed by atoms with E-state index in [-0.39, 0.29) is 24.5 Å². The molecular formula is C47H91NO5. The largest absolute Gasteiger partial charge is 0.480 e. The molecule has 0 aromatic carbocycles. The number of carboxylic acid groups (broad SMARTS) is 1. The van der Waals surface area contributed by atoms with Crippen molar-refractivity contribution in [2.24, 2.45) is 0 Å². The van der Waals surface area contributed by atoms with Crippen LogP contribution >= 0.6 is 0 Å². The van der Waals surface area contributed by atoms with Crippen molar-refractivity contribution in [1.82, 2.24) is 5.32 Å². The Labute approximate surface area is 329 Å². The summed E-state index contributed by atoms with van der Waals surface area (Å²) < 4.78 is 6.03. The van der Waals surface area contributed by atoms with Crippen LogP contribution in [0.2, 0.25) is 0 Å². The first kappa shape index (κ1) is 51.4. The second-order valence-corrected chi connectivity index (χ2v) is 16.4. The van der Waals surface area contributed by atoms with Gasteiger partial charge in [0, 0.05) is 12.8 Å². The fraction of sp³-hybridized carbons (Fsp3) is 0.936. The number of amides is 1. The van der Waals surface area contributed by atoms with Crippen LogP contribution in [-0.4, -0.2) is 35.6 Å². The van der Waals surface area contributed by atoms with E-state index >= 15 is 0 Å². The van der Waals surface area contributed by atoms with Gasteiger partial charge >= 0.3 is 11.9 Å². The van der Waals surface area contributed by atoms with E-state index in [9.17, 15) is 14.4 Å². The lowest BCUT2D eigenvalue weighted by molar-refractivity contribution is -0.150. The predicted molar refractivity (Wildman–Crippen MR) is 227 cm³/mol. The smallest absolute Gasteiger partial charge is 0.322 e. The summed E-state index contributed by atoms with van der Waals surface area (Å²) >= 11 is 0. The topological polar surface area (TPSA) is 92.7 Å². The van der Waals surface area contributed by atoms with Crippen molar-refractivity contribution in [1.29, 1.82) is 0 Å². The fourth-order valence-electron chi connectivity index (χ4n) is 7.52. The quantitative estimate of drug-likeness (QED) is 0.0478. The number of unbranched alkanes of at least 4 members (excludes halogenated alkanes) is 33. The van der Waals surface area contributed by atoms with Crippen LogP contribution in [0.3, 0.4) is 0 Å². The van der Waals surface area contributed by atoms with Gasteiger partial charge in [0.15, 0.2) is 0 Å². The van der Waals surface area contributed by atoms with Crippen LogP contribution in [0.1, 0.15) is 271 Å². The van der Waals surface area contributed by atoms with Gasteiger partial charge in [-0.05, 0) is 38.5 Å². The molecule has 0 rings (SSSR count). The molecule has 2 N–H and O–H groups in total. The van der Waals surface area contributed by atoms with E-state index in [1.807, 2.05) is 0 Å². The molecule has 1 unspecified atom stereocenters. The molecule has 6 heteroatoms. The summed E-state index contributed by atoms with van der Waals surface area (Å²) in [6.45, 7) is 4.24. The van der Waals surface area contributed by atoms with Crippen molar-refractivity contribution in [3.63, 3.8) is 0 Å².